The molecule has 3 nitrogen and oxygen atoms in total. The van der Waals surface area contributed by atoms with E-state index >= 15 is 0 Å². The van der Waals surface area contributed by atoms with Crippen molar-refractivity contribution in [1.29, 1.82) is 0 Å². The third kappa shape index (κ3) is 2.91. The Labute approximate surface area is 112 Å². The van der Waals surface area contributed by atoms with Crippen molar-refractivity contribution >= 4 is 51.8 Å². The molecule has 88 valence electrons. The molecule has 0 aliphatic heterocycles. The van der Waals surface area contributed by atoms with Crippen LogP contribution in [0.2, 0.25) is 8.67 Å². The smallest absolute Gasteiger partial charge is 0.258 e. The van der Waals surface area contributed by atoms with Gasteiger partial charge in [-0.05, 0) is 30.3 Å². The second kappa shape index (κ2) is 4.96. The zero-order valence-electron chi connectivity index (χ0n) is 8.54. The van der Waals surface area contributed by atoms with Gasteiger partial charge in [0.2, 0.25) is 0 Å². The summed E-state index contributed by atoms with van der Waals surface area (Å²) < 4.78 is 0.861. The van der Waals surface area contributed by atoms with Gasteiger partial charge < -0.3 is 11.1 Å². The van der Waals surface area contributed by atoms with Crippen LogP contribution in [-0.4, -0.2) is 5.91 Å². The Hall–Kier alpha value is -1.23. The number of amides is 1. The number of halogens is 2. The van der Waals surface area contributed by atoms with E-state index in [1.807, 2.05) is 0 Å². The van der Waals surface area contributed by atoms with Crippen molar-refractivity contribution in [3.63, 3.8) is 0 Å². The average Bonchev–Trinajstić information content (AvgIpc) is 2.61. The molecule has 2 aromatic rings. The van der Waals surface area contributed by atoms with Gasteiger partial charge in [-0.3, -0.25) is 4.79 Å². The number of nitrogens with one attached hydrogen (secondary N) is 1. The second-order valence-corrected chi connectivity index (χ2v) is 5.60. The van der Waals surface area contributed by atoms with Crippen LogP contribution in [-0.2, 0) is 0 Å². The van der Waals surface area contributed by atoms with E-state index in [1.165, 1.54) is 0 Å². The molecule has 3 N–H and O–H groups in total. The van der Waals surface area contributed by atoms with Crippen molar-refractivity contribution in [1.82, 2.24) is 0 Å². The lowest BCUT2D eigenvalue weighted by Gasteiger charge is -2.04. The topological polar surface area (TPSA) is 55.1 Å². The lowest BCUT2D eigenvalue weighted by molar-refractivity contribution is 0.102. The molecule has 1 aromatic heterocycles. The maximum absolute atomic E-state index is 11.9. The molecule has 0 bridgehead atoms. The molecule has 0 spiro atoms. The van der Waals surface area contributed by atoms with E-state index in [4.69, 9.17) is 28.9 Å². The number of hydrogen-bond donors (Lipinski definition) is 2. The van der Waals surface area contributed by atoms with Crippen molar-refractivity contribution in [3.05, 3.63) is 44.6 Å². The third-order valence-electron chi connectivity index (χ3n) is 2.07. The van der Waals surface area contributed by atoms with Crippen LogP contribution in [0.25, 0.3) is 0 Å². The summed E-state index contributed by atoms with van der Waals surface area (Å²) in [6.07, 6.45) is 0. The second-order valence-electron chi connectivity index (χ2n) is 3.31. The van der Waals surface area contributed by atoms with Gasteiger partial charge in [-0.2, -0.15) is 0 Å². The minimum absolute atomic E-state index is 0.289. The standard InChI is InChI=1S/C11H8Cl2N2OS/c12-9-5-8(10(13)17-9)11(16)15-7-3-1-6(14)2-4-7/h1-5H,14H2,(H,15,16). The Kier molecular flexibility index (Phi) is 3.57. The normalized spacial score (nSPS) is 10.2. The molecule has 1 aromatic carbocycles. The molecule has 1 amide bonds. The first kappa shape index (κ1) is 12.2. The van der Waals surface area contributed by atoms with Gasteiger partial charge in [-0.1, -0.05) is 23.2 Å². The van der Waals surface area contributed by atoms with Crippen LogP contribution < -0.4 is 11.1 Å². The summed E-state index contributed by atoms with van der Waals surface area (Å²) in [6, 6.07) is 8.39. The van der Waals surface area contributed by atoms with Crippen molar-refractivity contribution < 1.29 is 4.79 Å². The van der Waals surface area contributed by atoms with E-state index in [0.29, 0.717) is 25.6 Å². The molecule has 2 rings (SSSR count). The molecule has 6 heteroatoms. The van der Waals surface area contributed by atoms with Gasteiger partial charge in [0.1, 0.15) is 4.34 Å². The minimum Gasteiger partial charge on any atom is -0.399 e. The molecule has 1 heterocycles. The Bertz CT molecular complexity index is 551. The summed E-state index contributed by atoms with van der Waals surface area (Å²) in [6.45, 7) is 0. The molecule has 0 atom stereocenters. The first-order valence-corrected chi connectivity index (χ1v) is 6.25. The van der Waals surface area contributed by atoms with E-state index in [1.54, 1.807) is 30.3 Å². The summed E-state index contributed by atoms with van der Waals surface area (Å²) in [7, 11) is 0. The summed E-state index contributed by atoms with van der Waals surface area (Å²) in [4.78, 5) is 11.9. The summed E-state index contributed by atoms with van der Waals surface area (Å²) in [5, 5.41) is 2.71. The summed E-state index contributed by atoms with van der Waals surface area (Å²) in [5.74, 6) is -0.289. The lowest BCUT2D eigenvalue weighted by Crippen LogP contribution is -2.11. The Morgan fingerprint density at radius 1 is 1.24 bits per heavy atom. The van der Waals surface area contributed by atoms with E-state index < -0.39 is 0 Å². The molecule has 0 radical (unpaired) electrons. The number of thiophene rings is 1. The summed E-state index contributed by atoms with van der Waals surface area (Å²) >= 11 is 12.8. The molecule has 0 unspecified atom stereocenters. The fourth-order valence-corrected chi connectivity index (χ4v) is 2.72. The largest absolute Gasteiger partial charge is 0.399 e. The number of carbonyl (C=O) groups excluding carboxylic acids is 1. The van der Waals surface area contributed by atoms with Crippen LogP contribution in [0.1, 0.15) is 10.4 Å². The number of carbonyl (C=O) groups is 1. The molecule has 17 heavy (non-hydrogen) atoms. The lowest BCUT2D eigenvalue weighted by atomic mass is 10.2. The SMILES string of the molecule is Nc1ccc(NC(=O)c2cc(Cl)sc2Cl)cc1. The predicted octanol–water partition coefficient (Wildman–Crippen LogP) is 3.89. The van der Waals surface area contributed by atoms with Gasteiger partial charge in [-0.15, -0.1) is 11.3 Å². The predicted molar refractivity (Wildman–Crippen MR) is 73.1 cm³/mol. The Balaban J connectivity index is 2.17. The van der Waals surface area contributed by atoms with Crippen molar-refractivity contribution in [2.45, 2.75) is 0 Å². The number of anilines is 2. The highest BCUT2D eigenvalue weighted by molar-refractivity contribution is 7.20. The van der Waals surface area contributed by atoms with Gasteiger partial charge in [0.15, 0.2) is 0 Å². The average molecular weight is 287 g/mol. The Morgan fingerprint density at radius 2 is 1.88 bits per heavy atom. The van der Waals surface area contributed by atoms with Crippen LogP contribution >= 0.6 is 34.5 Å². The third-order valence-corrected chi connectivity index (χ3v) is 3.56. The maximum Gasteiger partial charge on any atom is 0.258 e. The number of benzene rings is 1. The zero-order chi connectivity index (χ0) is 12.4. The van der Waals surface area contributed by atoms with Gasteiger partial charge in [0, 0.05) is 11.4 Å². The molecule has 0 saturated heterocycles. The number of nitrogens with two attached hydrogens (primary N) is 1. The monoisotopic (exact) mass is 286 g/mol. The van der Waals surface area contributed by atoms with Gasteiger partial charge in [0.25, 0.3) is 5.91 Å². The molecule has 0 saturated carbocycles. The number of nitrogen functional groups attached to an aromatic ring is 1. The quantitative estimate of drug-likeness (QED) is 0.823. The fourth-order valence-electron chi connectivity index (χ4n) is 1.26. The molecule has 0 aliphatic rings. The van der Waals surface area contributed by atoms with E-state index in [0.717, 1.165) is 11.3 Å². The van der Waals surface area contributed by atoms with E-state index in [2.05, 4.69) is 5.32 Å². The van der Waals surface area contributed by atoms with Gasteiger partial charge in [-0.25, -0.2) is 0 Å². The van der Waals surface area contributed by atoms with E-state index in [-0.39, 0.29) is 5.91 Å². The van der Waals surface area contributed by atoms with Crippen LogP contribution in [0.15, 0.2) is 30.3 Å². The van der Waals surface area contributed by atoms with Gasteiger partial charge in [0.05, 0.1) is 9.90 Å². The highest BCUT2D eigenvalue weighted by atomic mass is 35.5. The molecule has 0 fully saturated rings. The van der Waals surface area contributed by atoms with Crippen molar-refractivity contribution in [2.24, 2.45) is 0 Å². The van der Waals surface area contributed by atoms with Crippen molar-refractivity contribution in [2.75, 3.05) is 11.1 Å². The molecule has 0 aliphatic carbocycles. The van der Waals surface area contributed by atoms with Crippen LogP contribution in [0.4, 0.5) is 11.4 Å². The number of rotatable bonds is 2. The first-order valence-electron chi connectivity index (χ1n) is 4.68. The molecular formula is C11H8Cl2N2OS. The fraction of sp³-hybridized carbons (Fsp3) is 0. The zero-order valence-corrected chi connectivity index (χ0v) is 10.9. The Morgan fingerprint density at radius 3 is 2.41 bits per heavy atom. The van der Waals surface area contributed by atoms with E-state index in [9.17, 15) is 4.79 Å². The van der Waals surface area contributed by atoms with Gasteiger partial charge >= 0.3 is 0 Å². The van der Waals surface area contributed by atoms with Crippen LogP contribution in [0.3, 0.4) is 0 Å². The summed E-state index contributed by atoms with van der Waals surface area (Å²) in [5.41, 5.74) is 7.21. The van der Waals surface area contributed by atoms with Crippen LogP contribution in [0.5, 0.6) is 0 Å². The highest BCUT2D eigenvalue weighted by Crippen LogP contribution is 2.31. The minimum atomic E-state index is -0.289. The number of hydrogen-bond acceptors (Lipinski definition) is 3. The maximum atomic E-state index is 11.9. The highest BCUT2D eigenvalue weighted by Gasteiger charge is 2.14. The van der Waals surface area contributed by atoms with Crippen LogP contribution in [0, 0.1) is 0 Å². The first-order chi connectivity index (χ1) is 8.06. The molecular weight excluding hydrogens is 279 g/mol. The van der Waals surface area contributed by atoms with Crippen molar-refractivity contribution in [3.8, 4) is 0 Å².